The van der Waals surface area contributed by atoms with Gasteiger partial charge in [-0.3, -0.25) is 0 Å². The second-order valence-electron chi connectivity index (χ2n) is 5.10. The second kappa shape index (κ2) is 5.87. The summed E-state index contributed by atoms with van der Waals surface area (Å²) in [6.07, 6.45) is -0.689. The number of nitrogens with one attached hydrogen (secondary N) is 1. The van der Waals surface area contributed by atoms with Gasteiger partial charge in [0.05, 0.1) is 6.04 Å². The Morgan fingerprint density at radius 1 is 1.44 bits per heavy atom. The van der Waals surface area contributed by atoms with E-state index in [2.05, 4.69) is 11.9 Å². The fourth-order valence-electron chi connectivity index (χ4n) is 1.20. The molecule has 94 valence electrons. The Morgan fingerprint density at radius 3 is 2.25 bits per heavy atom. The molecule has 3 nitrogen and oxygen atoms in total. The van der Waals surface area contributed by atoms with Crippen molar-refractivity contribution in [2.45, 2.75) is 52.4 Å². The zero-order valence-corrected chi connectivity index (χ0v) is 10.7. The van der Waals surface area contributed by atoms with Gasteiger partial charge in [-0.2, -0.15) is 0 Å². The van der Waals surface area contributed by atoms with Gasteiger partial charge >= 0.3 is 6.09 Å². The molecule has 1 amide bonds. The maximum atomic E-state index is 13.5. The zero-order valence-electron chi connectivity index (χ0n) is 10.7. The van der Waals surface area contributed by atoms with Gasteiger partial charge in [0.15, 0.2) is 0 Å². The number of halogens is 1. The van der Waals surface area contributed by atoms with E-state index >= 15 is 0 Å². The van der Waals surface area contributed by atoms with E-state index in [1.807, 2.05) is 13.8 Å². The molecule has 0 aromatic heterocycles. The molecule has 0 aromatic rings. The molecule has 1 N–H and O–H groups in total. The summed E-state index contributed by atoms with van der Waals surface area (Å²) in [6, 6.07) is -0.604. The zero-order chi connectivity index (χ0) is 12.9. The van der Waals surface area contributed by atoms with E-state index in [9.17, 15) is 9.18 Å². The van der Waals surface area contributed by atoms with Crippen LogP contribution in [-0.4, -0.2) is 23.9 Å². The molecule has 0 aliphatic heterocycles. The Morgan fingerprint density at radius 2 is 1.94 bits per heavy atom. The predicted octanol–water partition coefficient (Wildman–Crippen LogP) is 3.06. The number of carbonyl (C=O) groups is 1. The van der Waals surface area contributed by atoms with Gasteiger partial charge in [-0.1, -0.05) is 19.9 Å². The highest BCUT2D eigenvalue weighted by Gasteiger charge is 2.26. The molecule has 4 heteroatoms. The van der Waals surface area contributed by atoms with E-state index in [4.69, 9.17) is 4.74 Å². The summed E-state index contributed by atoms with van der Waals surface area (Å²) < 4.78 is 18.5. The number of alkyl halides is 1. The Kier molecular flexibility index (Phi) is 5.48. The van der Waals surface area contributed by atoms with Gasteiger partial charge in [-0.15, -0.1) is 6.58 Å². The number of hydrogen-bond acceptors (Lipinski definition) is 2. The van der Waals surface area contributed by atoms with Crippen LogP contribution in [0.2, 0.25) is 0 Å². The van der Waals surface area contributed by atoms with Crippen LogP contribution < -0.4 is 5.32 Å². The molecule has 0 aromatic carbocycles. The van der Waals surface area contributed by atoms with Gasteiger partial charge in [-0.25, -0.2) is 9.18 Å². The lowest BCUT2D eigenvalue weighted by Crippen LogP contribution is -2.46. The van der Waals surface area contributed by atoms with Crippen LogP contribution in [0, 0.1) is 5.92 Å². The number of amides is 1. The number of hydrogen-bond donors (Lipinski definition) is 1. The van der Waals surface area contributed by atoms with Crippen LogP contribution in [0.5, 0.6) is 0 Å². The average Bonchev–Trinajstić information content (AvgIpc) is 2.09. The highest BCUT2D eigenvalue weighted by atomic mass is 19.1. The molecule has 1 unspecified atom stereocenters. The SMILES string of the molecule is C=CC(F)[C@@H](NC(=O)OC(C)(C)C)C(C)C. The summed E-state index contributed by atoms with van der Waals surface area (Å²) in [6.45, 7) is 12.3. The molecule has 0 aliphatic rings. The first kappa shape index (κ1) is 14.9. The third kappa shape index (κ3) is 5.73. The van der Waals surface area contributed by atoms with Crippen LogP contribution in [0.4, 0.5) is 9.18 Å². The summed E-state index contributed by atoms with van der Waals surface area (Å²) in [4.78, 5) is 11.5. The first-order valence-corrected chi connectivity index (χ1v) is 5.43. The summed E-state index contributed by atoms with van der Waals surface area (Å²) in [7, 11) is 0. The summed E-state index contributed by atoms with van der Waals surface area (Å²) in [5, 5.41) is 2.52. The number of rotatable bonds is 4. The van der Waals surface area contributed by atoms with E-state index in [1.165, 1.54) is 6.08 Å². The third-order valence-electron chi connectivity index (χ3n) is 1.97. The topological polar surface area (TPSA) is 38.3 Å². The van der Waals surface area contributed by atoms with Gasteiger partial charge in [0.1, 0.15) is 11.8 Å². The number of alkyl carbamates (subject to hydrolysis) is 1. The molecule has 0 radical (unpaired) electrons. The highest BCUT2D eigenvalue weighted by molar-refractivity contribution is 5.68. The van der Waals surface area contributed by atoms with Crippen LogP contribution >= 0.6 is 0 Å². The third-order valence-corrected chi connectivity index (χ3v) is 1.97. The van der Waals surface area contributed by atoms with Crippen molar-refractivity contribution in [3.63, 3.8) is 0 Å². The summed E-state index contributed by atoms with van der Waals surface area (Å²) >= 11 is 0. The van der Waals surface area contributed by atoms with Crippen molar-refractivity contribution in [2.75, 3.05) is 0 Å². The van der Waals surface area contributed by atoms with Gasteiger partial charge in [0.25, 0.3) is 0 Å². The molecule has 16 heavy (non-hydrogen) atoms. The normalized spacial score (nSPS) is 15.4. The van der Waals surface area contributed by atoms with Crippen molar-refractivity contribution in [2.24, 2.45) is 5.92 Å². The van der Waals surface area contributed by atoms with Crippen molar-refractivity contribution in [1.29, 1.82) is 0 Å². The Labute approximate surface area is 97.1 Å². The van der Waals surface area contributed by atoms with Crippen LogP contribution in [0.3, 0.4) is 0 Å². The summed E-state index contributed by atoms with van der Waals surface area (Å²) in [5.74, 6) is -0.0273. The predicted molar refractivity (Wildman–Crippen MR) is 63.1 cm³/mol. The Balaban J connectivity index is 4.41. The van der Waals surface area contributed by atoms with Crippen molar-refractivity contribution in [3.8, 4) is 0 Å². The molecule has 0 rings (SSSR count). The van der Waals surface area contributed by atoms with Crippen molar-refractivity contribution in [1.82, 2.24) is 5.32 Å². The molecule has 0 fully saturated rings. The van der Waals surface area contributed by atoms with Crippen LogP contribution in [0.1, 0.15) is 34.6 Å². The molecular formula is C12H22FNO2. The Bertz CT molecular complexity index is 246. The van der Waals surface area contributed by atoms with E-state index in [-0.39, 0.29) is 5.92 Å². The van der Waals surface area contributed by atoms with Gasteiger partial charge < -0.3 is 10.1 Å². The van der Waals surface area contributed by atoms with Crippen LogP contribution in [0.15, 0.2) is 12.7 Å². The van der Waals surface area contributed by atoms with Crippen LogP contribution in [0.25, 0.3) is 0 Å². The van der Waals surface area contributed by atoms with Gasteiger partial charge in [0.2, 0.25) is 0 Å². The Hall–Kier alpha value is -1.06. The molecular weight excluding hydrogens is 209 g/mol. The average molecular weight is 231 g/mol. The van der Waals surface area contributed by atoms with Crippen molar-refractivity contribution >= 4 is 6.09 Å². The molecule has 0 bridgehead atoms. The lowest BCUT2D eigenvalue weighted by Gasteiger charge is -2.26. The highest BCUT2D eigenvalue weighted by Crippen LogP contribution is 2.13. The minimum atomic E-state index is -1.27. The smallest absolute Gasteiger partial charge is 0.407 e. The molecule has 0 saturated heterocycles. The van der Waals surface area contributed by atoms with Gasteiger partial charge in [-0.05, 0) is 26.7 Å². The number of ether oxygens (including phenoxy) is 1. The fourth-order valence-corrected chi connectivity index (χ4v) is 1.20. The van der Waals surface area contributed by atoms with E-state index in [0.29, 0.717) is 0 Å². The maximum absolute atomic E-state index is 13.5. The van der Waals surface area contributed by atoms with E-state index in [1.54, 1.807) is 20.8 Å². The van der Waals surface area contributed by atoms with Crippen molar-refractivity contribution < 1.29 is 13.9 Å². The van der Waals surface area contributed by atoms with Gasteiger partial charge in [0, 0.05) is 0 Å². The molecule has 0 aliphatic carbocycles. The van der Waals surface area contributed by atoms with E-state index in [0.717, 1.165) is 0 Å². The standard InChI is InChI=1S/C12H22FNO2/c1-7-9(13)10(8(2)3)14-11(15)16-12(4,5)6/h7-10H,1H2,2-6H3,(H,14,15)/t9?,10-/m0/s1. The minimum absolute atomic E-state index is 0.0273. The lowest BCUT2D eigenvalue weighted by atomic mass is 10.00. The molecule has 0 spiro atoms. The van der Waals surface area contributed by atoms with Crippen LogP contribution in [-0.2, 0) is 4.74 Å². The summed E-state index contributed by atoms with van der Waals surface area (Å²) in [5.41, 5.74) is -0.578. The first-order valence-electron chi connectivity index (χ1n) is 5.43. The second-order valence-corrected chi connectivity index (χ2v) is 5.10. The number of carbonyl (C=O) groups excluding carboxylic acids is 1. The van der Waals surface area contributed by atoms with E-state index < -0.39 is 23.9 Å². The largest absolute Gasteiger partial charge is 0.444 e. The minimum Gasteiger partial charge on any atom is -0.444 e. The molecule has 2 atom stereocenters. The monoisotopic (exact) mass is 231 g/mol. The molecule has 0 heterocycles. The quantitative estimate of drug-likeness (QED) is 0.755. The molecule has 0 saturated carbocycles. The fraction of sp³-hybridized carbons (Fsp3) is 0.750. The van der Waals surface area contributed by atoms with Crippen molar-refractivity contribution in [3.05, 3.63) is 12.7 Å². The first-order chi connectivity index (χ1) is 7.17. The maximum Gasteiger partial charge on any atom is 0.407 e. The lowest BCUT2D eigenvalue weighted by molar-refractivity contribution is 0.0464.